The van der Waals surface area contributed by atoms with Crippen LogP contribution in [0.3, 0.4) is 0 Å². The van der Waals surface area contributed by atoms with Gasteiger partial charge in [0.2, 0.25) is 0 Å². The molecule has 0 saturated heterocycles. The van der Waals surface area contributed by atoms with Crippen molar-refractivity contribution in [2.75, 3.05) is 19.6 Å². The van der Waals surface area contributed by atoms with Crippen molar-refractivity contribution in [1.82, 2.24) is 10.6 Å². The first-order chi connectivity index (χ1) is 10.1. The minimum Gasteiger partial charge on any atom is -0.384 e. The molecule has 0 aliphatic rings. The molecular weight excluding hydrogens is 389 g/mol. The lowest BCUT2D eigenvalue weighted by atomic mass is 9.96. The number of hydrogen-bond donors (Lipinski definition) is 3. The van der Waals surface area contributed by atoms with E-state index in [1.165, 1.54) is 12.8 Å². The molecule has 0 bridgehead atoms. The third kappa shape index (κ3) is 7.98. The minimum absolute atomic E-state index is 0. The number of aliphatic hydroxyl groups is 1. The van der Waals surface area contributed by atoms with Gasteiger partial charge in [0.05, 0.1) is 6.54 Å². The quantitative estimate of drug-likeness (QED) is 0.263. The van der Waals surface area contributed by atoms with Gasteiger partial charge in [-0.15, -0.1) is 24.0 Å². The van der Waals surface area contributed by atoms with Crippen molar-refractivity contribution < 1.29 is 5.11 Å². The van der Waals surface area contributed by atoms with E-state index >= 15 is 0 Å². The second-order valence-electron chi connectivity index (χ2n) is 5.47. The van der Waals surface area contributed by atoms with Crippen LogP contribution in [-0.4, -0.2) is 30.7 Å². The van der Waals surface area contributed by atoms with Gasteiger partial charge in [-0.2, -0.15) is 0 Å². The average Bonchev–Trinajstić information content (AvgIpc) is 2.50. The summed E-state index contributed by atoms with van der Waals surface area (Å²) in [5.41, 5.74) is -0.0666. The van der Waals surface area contributed by atoms with Gasteiger partial charge in [-0.3, -0.25) is 0 Å². The molecule has 22 heavy (non-hydrogen) atoms. The Morgan fingerprint density at radius 2 is 1.82 bits per heavy atom. The first kappa shape index (κ1) is 21.2. The molecule has 0 spiro atoms. The van der Waals surface area contributed by atoms with Crippen LogP contribution in [0.25, 0.3) is 0 Å². The Morgan fingerprint density at radius 3 is 2.41 bits per heavy atom. The predicted octanol–water partition coefficient (Wildman–Crippen LogP) is 3.26. The van der Waals surface area contributed by atoms with Crippen LogP contribution in [0.4, 0.5) is 0 Å². The second kappa shape index (κ2) is 11.7. The molecule has 0 amide bonds. The molecule has 1 unspecified atom stereocenters. The smallest absolute Gasteiger partial charge is 0.191 e. The second-order valence-corrected chi connectivity index (χ2v) is 5.47. The summed E-state index contributed by atoms with van der Waals surface area (Å²) in [7, 11) is 0. The molecule has 5 heteroatoms. The van der Waals surface area contributed by atoms with Crippen molar-refractivity contribution >= 4 is 29.9 Å². The van der Waals surface area contributed by atoms with E-state index in [0.717, 1.165) is 31.0 Å². The fourth-order valence-electron chi connectivity index (χ4n) is 2.05. The molecule has 0 aliphatic heterocycles. The summed E-state index contributed by atoms with van der Waals surface area (Å²) in [4.78, 5) is 4.50. The zero-order valence-electron chi connectivity index (χ0n) is 13.9. The maximum Gasteiger partial charge on any atom is 0.191 e. The maximum atomic E-state index is 10.5. The SMILES string of the molecule is CCCCCNC(=NCC(C)(O)c1ccccc1)NCC.I. The number of nitrogens with zero attached hydrogens (tertiary/aromatic N) is 1. The van der Waals surface area contributed by atoms with Crippen LogP contribution in [0.15, 0.2) is 35.3 Å². The van der Waals surface area contributed by atoms with Crippen LogP contribution in [0.5, 0.6) is 0 Å². The lowest BCUT2D eigenvalue weighted by Crippen LogP contribution is -2.39. The number of halogens is 1. The summed E-state index contributed by atoms with van der Waals surface area (Å²) < 4.78 is 0. The fraction of sp³-hybridized carbons (Fsp3) is 0.588. The van der Waals surface area contributed by atoms with Crippen LogP contribution in [-0.2, 0) is 5.60 Å². The fourth-order valence-corrected chi connectivity index (χ4v) is 2.05. The molecule has 126 valence electrons. The third-order valence-corrected chi connectivity index (χ3v) is 3.36. The van der Waals surface area contributed by atoms with E-state index in [9.17, 15) is 5.11 Å². The number of unbranched alkanes of at least 4 members (excludes halogenated alkanes) is 2. The Morgan fingerprint density at radius 1 is 1.14 bits per heavy atom. The van der Waals surface area contributed by atoms with E-state index in [4.69, 9.17) is 0 Å². The molecule has 1 aromatic carbocycles. The topological polar surface area (TPSA) is 56.7 Å². The van der Waals surface area contributed by atoms with Crippen molar-refractivity contribution in [3.05, 3.63) is 35.9 Å². The molecule has 1 atom stereocenters. The van der Waals surface area contributed by atoms with E-state index in [2.05, 4.69) is 22.5 Å². The molecule has 0 radical (unpaired) electrons. The van der Waals surface area contributed by atoms with Crippen molar-refractivity contribution in [1.29, 1.82) is 0 Å². The van der Waals surface area contributed by atoms with Crippen molar-refractivity contribution in [2.24, 2.45) is 4.99 Å². The standard InChI is InChI=1S/C17H29N3O.HI/c1-4-6-10-13-19-16(18-5-2)20-14-17(3,21)15-11-8-7-9-12-15;/h7-9,11-12,21H,4-6,10,13-14H2,1-3H3,(H2,18,19,20);1H. The zero-order valence-corrected chi connectivity index (χ0v) is 16.3. The first-order valence-corrected chi connectivity index (χ1v) is 7.90. The normalized spacial score (nSPS) is 13.9. The maximum absolute atomic E-state index is 10.5. The van der Waals surface area contributed by atoms with Gasteiger partial charge in [-0.25, -0.2) is 4.99 Å². The van der Waals surface area contributed by atoms with Gasteiger partial charge >= 0.3 is 0 Å². The number of aliphatic imine (C=N–C) groups is 1. The van der Waals surface area contributed by atoms with Crippen LogP contribution in [0.2, 0.25) is 0 Å². The lowest BCUT2D eigenvalue weighted by molar-refractivity contribution is 0.0672. The highest BCUT2D eigenvalue weighted by molar-refractivity contribution is 14.0. The first-order valence-electron chi connectivity index (χ1n) is 7.90. The van der Waals surface area contributed by atoms with Crippen molar-refractivity contribution in [3.8, 4) is 0 Å². The van der Waals surface area contributed by atoms with E-state index in [1.807, 2.05) is 37.3 Å². The Bertz CT molecular complexity index is 421. The molecule has 4 nitrogen and oxygen atoms in total. The molecule has 0 aliphatic carbocycles. The largest absolute Gasteiger partial charge is 0.384 e. The molecule has 0 aromatic heterocycles. The molecule has 0 fully saturated rings. The van der Waals surface area contributed by atoms with Crippen molar-refractivity contribution in [3.63, 3.8) is 0 Å². The molecule has 1 rings (SSSR count). The van der Waals surface area contributed by atoms with E-state index in [-0.39, 0.29) is 24.0 Å². The number of benzene rings is 1. The zero-order chi connectivity index (χ0) is 15.6. The summed E-state index contributed by atoms with van der Waals surface area (Å²) >= 11 is 0. The Labute approximate surface area is 151 Å². The van der Waals surface area contributed by atoms with E-state index in [1.54, 1.807) is 6.92 Å². The molecular formula is C17H30IN3O. The number of rotatable bonds is 8. The third-order valence-electron chi connectivity index (χ3n) is 3.36. The number of guanidine groups is 1. The van der Waals surface area contributed by atoms with Crippen LogP contribution in [0.1, 0.15) is 45.6 Å². The van der Waals surface area contributed by atoms with Crippen LogP contribution in [0, 0.1) is 0 Å². The Kier molecular flexibility index (Phi) is 11.3. The molecule has 3 N–H and O–H groups in total. The molecule has 0 heterocycles. The van der Waals surface area contributed by atoms with Gasteiger partial charge in [0.25, 0.3) is 0 Å². The minimum atomic E-state index is -0.951. The summed E-state index contributed by atoms with van der Waals surface area (Å²) in [5.74, 6) is 0.768. The highest BCUT2D eigenvalue weighted by Crippen LogP contribution is 2.20. The van der Waals surface area contributed by atoms with E-state index in [0.29, 0.717) is 6.54 Å². The average molecular weight is 419 g/mol. The summed E-state index contributed by atoms with van der Waals surface area (Å²) in [6, 6.07) is 9.67. The van der Waals surface area contributed by atoms with Gasteiger partial charge in [0.15, 0.2) is 5.96 Å². The van der Waals surface area contributed by atoms with Gasteiger partial charge in [0, 0.05) is 13.1 Å². The van der Waals surface area contributed by atoms with Gasteiger partial charge in [0.1, 0.15) is 5.60 Å². The van der Waals surface area contributed by atoms with Crippen LogP contribution < -0.4 is 10.6 Å². The van der Waals surface area contributed by atoms with Gasteiger partial charge in [-0.05, 0) is 25.8 Å². The molecule has 0 saturated carbocycles. The Hall–Kier alpha value is -0.820. The van der Waals surface area contributed by atoms with Gasteiger partial charge in [-0.1, -0.05) is 50.1 Å². The summed E-state index contributed by atoms with van der Waals surface area (Å²) in [5, 5.41) is 17.1. The number of nitrogens with one attached hydrogen (secondary N) is 2. The lowest BCUT2D eigenvalue weighted by Gasteiger charge is -2.22. The monoisotopic (exact) mass is 419 g/mol. The van der Waals surface area contributed by atoms with Gasteiger partial charge < -0.3 is 15.7 Å². The highest BCUT2D eigenvalue weighted by atomic mass is 127. The highest BCUT2D eigenvalue weighted by Gasteiger charge is 2.22. The number of hydrogen-bond acceptors (Lipinski definition) is 2. The van der Waals surface area contributed by atoms with Crippen LogP contribution >= 0.6 is 24.0 Å². The Balaban J connectivity index is 0.00000441. The summed E-state index contributed by atoms with van der Waals surface area (Å²) in [6.45, 7) is 8.09. The van der Waals surface area contributed by atoms with E-state index < -0.39 is 5.60 Å². The predicted molar refractivity (Wildman–Crippen MR) is 105 cm³/mol. The molecule has 1 aromatic rings. The summed E-state index contributed by atoms with van der Waals surface area (Å²) in [6.07, 6.45) is 3.56. The van der Waals surface area contributed by atoms with Crippen molar-refractivity contribution in [2.45, 2.75) is 45.6 Å².